The average Bonchev–Trinajstić information content (AvgIpc) is 3.09. The second-order valence-corrected chi connectivity index (χ2v) is 15.2. The molecule has 0 radical (unpaired) electrons. The average molecular weight is 695 g/mol. The number of carbonyl (C=O) groups is 1. The van der Waals surface area contributed by atoms with E-state index < -0.39 is 15.9 Å². The second-order valence-electron chi connectivity index (χ2n) is 13.6. The third-order valence-corrected chi connectivity index (χ3v) is 10.1. The van der Waals surface area contributed by atoms with Crippen molar-refractivity contribution in [2.45, 2.75) is 96.8 Å². The minimum absolute atomic E-state index is 0.0236. The van der Waals surface area contributed by atoms with Crippen LogP contribution in [-0.2, 0) is 10.0 Å². The van der Waals surface area contributed by atoms with Crippen molar-refractivity contribution in [2.75, 3.05) is 22.0 Å². The predicted molar refractivity (Wildman–Crippen MR) is 204 cm³/mol. The summed E-state index contributed by atoms with van der Waals surface area (Å²) in [5, 5.41) is 15.5. The molecule has 0 fully saturated rings. The lowest BCUT2D eigenvalue weighted by Crippen LogP contribution is -2.19. The molecule has 0 aliphatic carbocycles. The molecule has 9 heteroatoms. The van der Waals surface area contributed by atoms with E-state index in [0.717, 1.165) is 41.0 Å². The molecule has 0 saturated carbocycles. The van der Waals surface area contributed by atoms with Gasteiger partial charge in [0.2, 0.25) is 0 Å². The van der Waals surface area contributed by atoms with Crippen LogP contribution in [0.2, 0.25) is 0 Å². The van der Waals surface area contributed by atoms with E-state index in [1.54, 1.807) is 42.5 Å². The van der Waals surface area contributed by atoms with Gasteiger partial charge in [-0.25, -0.2) is 8.42 Å². The number of carbonyl (C=O) groups excluding carboxylic acids is 1. The van der Waals surface area contributed by atoms with E-state index in [0.29, 0.717) is 39.7 Å². The van der Waals surface area contributed by atoms with Gasteiger partial charge < -0.3 is 15.4 Å². The van der Waals surface area contributed by atoms with Crippen molar-refractivity contribution >= 4 is 38.7 Å². The third kappa shape index (κ3) is 9.88. The standard InChI is InChI=1S/C41H50N4O4S/c1-8-9-10-11-22-49-35-19-16-33(17-20-35)43-38-21-18-34(25-39(38)44-41(46)31-14-12-30(26-42)13-15-31)45-50(47,48)40-36(28(4)5)23-32(27(2)3)24-37(40)29(6)7/h12-21,23-25,27-29,43,45H,8-11,22H2,1-7H3,(H,44,46). The number of hydrogen-bond acceptors (Lipinski definition) is 6. The first-order valence-corrected chi connectivity index (χ1v) is 19.0. The number of rotatable bonds is 16. The molecule has 0 unspecified atom stereocenters. The highest BCUT2D eigenvalue weighted by Crippen LogP contribution is 2.37. The molecule has 3 N–H and O–H groups in total. The Morgan fingerprint density at radius 3 is 1.94 bits per heavy atom. The molecule has 264 valence electrons. The lowest BCUT2D eigenvalue weighted by molar-refractivity contribution is 0.102. The van der Waals surface area contributed by atoms with Gasteiger partial charge in [0.15, 0.2) is 0 Å². The topological polar surface area (TPSA) is 120 Å². The summed E-state index contributed by atoms with van der Waals surface area (Å²) < 4.78 is 37.2. The summed E-state index contributed by atoms with van der Waals surface area (Å²) in [4.78, 5) is 13.7. The fourth-order valence-corrected chi connectivity index (χ4v) is 7.37. The van der Waals surface area contributed by atoms with Crippen LogP contribution in [-0.4, -0.2) is 20.9 Å². The van der Waals surface area contributed by atoms with Gasteiger partial charge >= 0.3 is 0 Å². The molecule has 0 spiro atoms. The molecular weight excluding hydrogens is 645 g/mol. The summed E-state index contributed by atoms with van der Waals surface area (Å²) in [6.07, 6.45) is 4.52. The maximum atomic E-state index is 14.2. The number of benzene rings is 4. The summed E-state index contributed by atoms with van der Waals surface area (Å²) in [5.74, 6) is 0.567. The van der Waals surface area contributed by atoms with Crippen molar-refractivity contribution in [3.05, 3.63) is 107 Å². The molecule has 8 nitrogen and oxygen atoms in total. The fourth-order valence-electron chi connectivity index (χ4n) is 5.63. The summed E-state index contributed by atoms with van der Waals surface area (Å²) >= 11 is 0. The van der Waals surface area contributed by atoms with Gasteiger partial charge in [0, 0.05) is 11.3 Å². The summed E-state index contributed by atoms with van der Waals surface area (Å²) in [6.45, 7) is 15.1. The molecule has 4 rings (SSSR count). The highest BCUT2D eigenvalue weighted by Gasteiger charge is 2.27. The van der Waals surface area contributed by atoms with Crippen molar-refractivity contribution in [1.82, 2.24) is 0 Å². The Hall–Kier alpha value is -4.81. The maximum absolute atomic E-state index is 14.2. The first-order valence-electron chi connectivity index (χ1n) is 17.5. The number of sulfonamides is 1. The Balaban J connectivity index is 1.68. The Morgan fingerprint density at radius 1 is 0.760 bits per heavy atom. The molecule has 4 aromatic carbocycles. The van der Waals surface area contributed by atoms with E-state index in [1.807, 2.05) is 64.1 Å². The molecule has 0 aliphatic rings. The SMILES string of the molecule is CCCCCCOc1ccc(Nc2ccc(NS(=O)(=O)c3c(C(C)C)cc(C(C)C)cc3C(C)C)cc2NC(=O)c2ccc(C#N)cc2)cc1. The summed E-state index contributed by atoms with van der Waals surface area (Å²) in [5.41, 5.74) is 5.45. The Kier molecular flexibility index (Phi) is 13.1. The van der Waals surface area contributed by atoms with Gasteiger partial charge in [-0.05, 0) is 108 Å². The van der Waals surface area contributed by atoms with Crippen LogP contribution in [0.1, 0.15) is 125 Å². The highest BCUT2D eigenvalue weighted by molar-refractivity contribution is 7.92. The first kappa shape index (κ1) is 38.0. The molecule has 0 atom stereocenters. The number of hydrogen-bond donors (Lipinski definition) is 3. The molecule has 0 bridgehead atoms. The second kappa shape index (κ2) is 17.2. The van der Waals surface area contributed by atoms with Gasteiger partial charge in [0.1, 0.15) is 5.75 Å². The van der Waals surface area contributed by atoms with Gasteiger partial charge in [0.05, 0.1) is 40.2 Å². The monoisotopic (exact) mass is 694 g/mol. The van der Waals surface area contributed by atoms with E-state index in [1.165, 1.54) is 12.8 Å². The normalized spacial score (nSPS) is 11.5. The van der Waals surface area contributed by atoms with Crippen LogP contribution in [0.3, 0.4) is 0 Å². The number of nitrogens with one attached hydrogen (secondary N) is 3. The summed E-state index contributed by atoms with van der Waals surface area (Å²) in [6, 6.07) is 25.0. The fraction of sp³-hybridized carbons (Fsp3) is 0.366. The van der Waals surface area contributed by atoms with Crippen LogP contribution in [0.5, 0.6) is 5.75 Å². The smallest absolute Gasteiger partial charge is 0.262 e. The van der Waals surface area contributed by atoms with Crippen molar-refractivity contribution in [2.24, 2.45) is 0 Å². The quantitative estimate of drug-likeness (QED) is 0.100. The van der Waals surface area contributed by atoms with Gasteiger partial charge in [-0.15, -0.1) is 0 Å². The Bertz CT molecular complexity index is 1880. The zero-order chi connectivity index (χ0) is 36.4. The lowest BCUT2D eigenvalue weighted by Gasteiger charge is -2.23. The minimum Gasteiger partial charge on any atom is -0.494 e. The molecule has 0 aromatic heterocycles. The lowest BCUT2D eigenvalue weighted by atomic mass is 9.89. The van der Waals surface area contributed by atoms with Crippen LogP contribution in [0, 0.1) is 11.3 Å². The van der Waals surface area contributed by atoms with E-state index in [-0.39, 0.29) is 17.8 Å². The van der Waals surface area contributed by atoms with E-state index in [9.17, 15) is 18.5 Å². The number of anilines is 4. The minimum atomic E-state index is -4.03. The van der Waals surface area contributed by atoms with Crippen molar-refractivity contribution in [3.63, 3.8) is 0 Å². The number of nitriles is 1. The van der Waals surface area contributed by atoms with E-state index in [4.69, 9.17) is 4.74 Å². The van der Waals surface area contributed by atoms with Gasteiger partial charge in [-0.3, -0.25) is 9.52 Å². The zero-order valence-electron chi connectivity index (χ0n) is 30.3. The predicted octanol–water partition coefficient (Wildman–Crippen LogP) is 10.7. The van der Waals surface area contributed by atoms with Crippen LogP contribution in [0.4, 0.5) is 22.7 Å². The van der Waals surface area contributed by atoms with Crippen molar-refractivity contribution in [1.29, 1.82) is 5.26 Å². The van der Waals surface area contributed by atoms with Gasteiger partial charge in [-0.1, -0.05) is 79.9 Å². The molecule has 0 aliphatic heterocycles. The molecule has 0 heterocycles. The molecule has 1 amide bonds. The first-order chi connectivity index (χ1) is 23.8. The van der Waals surface area contributed by atoms with Crippen LogP contribution in [0.25, 0.3) is 0 Å². The van der Waals surface area contributed by atoms with E-state index >= 15 is 0 Å². The van der Waals surface area contributed by atoms with Crippen molar-refractivity contribution in [3.8, 4) is 11.8 Å². The Labute approximate surface area is 298 Å². The third-order valence-electron chi connectivity index (χ3n) is 8.54. The molecule has 50 heavy (non-hydrogen) atoms. The maximum Gasteiger partial charge on any atom is 0.262 e. The zero-order valence-corrected chi connectivity index (χ0v) is 31.1. The molecule has 4 aromatic rings. The van der Waals surface area contributed by atoms with Gasteiger partial charge in [-0.2, -0.15) is 5.26 Å². The number of nitrogens with zero attached hydrogens (tertiary/aromatic N) is 1. The Morgan fingerprint density at radius 2 is 1.38 bits per heavy atom. The van der Waals surface area contributed by atoms with Gasteiger partial charge in [0.25, 0.3) is 15.9 Å². The number of unbranched alkanes of at least 4 members (excludes halogenated alkanes) is 3. The number of ether oxygens (including phenoxy) is 1. The number of amides is 1. The van der Waals surface area contributed by atoms with Crippen LogP contribution < -0.4 is 20.1 Å². The highest BCUT2D eigenvalue weighted by atomic mass is 32.2. The van der Waals surface area contributed by atoms with Crippen LogP contribution in [0.15, 0.2) is 83.8 Å². The summed E-state index contributed by atoms with van der Waals surface area (Å²) in [7, 11) is -4.03. The van der Waals surface area contributed by atoms with E-state index in [2.05, 4.69) is 42.2 Å². The van der Waals surface area contributed by atoms with Crippen LogP contribution >= 0.6 is 0 Å². The largest absolute Gasteiger partial charge is 0.494 e. The molecular formula is C41H50N4O4S. The molecule has 0 saturated heterocycles. The van der Waals surface area contributed by atoms with Crippen molar-refractivity contribution < 1.29 is 17.9 Å².